The molecule has 2 rings (SSSR count). The van der Waals surface area contributed by atoms with E-state index in [4.69, 9.17) is 0 Å². The van der Waals surface area contributed by atoms with Crippen LogP contribution in [0, 0.1) is 6.92 Å². The zero-order valence-electron chi connectivity index (χ0n) is 9.99. The first-order valence-electron chi connectivity index (χ1n) is 5.45. The molecule has 0 radical (unpaired) electrons. The van der Waals surface area contributed by atoms with Crippen molar-refractivity contribution < 1.29 is 0 Å². The minimum atomic E-state index is 0.843. The molecule has 1 heterocycles. The van der Waals surface area contributed by atoms with Crippen molar-refractivity contribution >= 4 is 0 Å². The molecule has 0 aliphatic rings. The Balaban J connectivity index is 2.45. The second-order valence-corrected chi connectivity index (χ2v) is 3.98. The van der Waals surface area contributed by atoms with E-state index in [1.165, 1.54) is 16.8 Å². The van der Waals surface area contributed by atoms with Gasteiger partial charge in [-0.25, -0.2) is 4.98 Å². The van der Waals surface area contributed by atoms with Gasteiger partial charge in [0.25, 0.3) is 0 Å². The molecule has 3 nitrogen and oxygen atoms in total. The maximum atomic E-state index is 4.49. The lowest BCUT2D eigenvalue weighted by atomic mass is 10.1. The number of hydrogen-bond donors (Lipinski definition) is 1. The molecule has 0 saturated heterocycles. The summed E-state index contributed by atoms with van der Waals surface area (Å²) in [7, 11) is 4.00. The first kappa shape index (κ1) is 10.9. The molecule has 0 fully saturated rings. The fraction of sp³-hybridized carbons (Fsp3) is 0.308. The molecule has 2 aromatic rings. The van der Waals surface area contributed by atoms with Crippen LogP contribution in [0.2, 0.25) is 0 Å². The van der Waals surface area contributed by atoms with Gasteiger partial charge in [0, 0.05) is 19.2 Å². The second-order valence-electron chi connectivity index (χ2n) is 3.98. The number of benzene rings is 1. The van der Waals surface area contributed by atoms with Crippen molar-refractivity contribution in [3.63, 3.8) is 0 Å². The Kier molecular flexibility index (Phi) is 3.06. The zero-order valence-corrected chi connectivity index (χ0v) is 9.99. The molecular weight excluding hydrogens is 198 g/mol. The third-order valence-corrected chi connectivity index (χ3v) is 2.83. The van der Waals surface area contributed by atoms with Gasteiger partial charge in [0.2, 0.25) is 0 Å². The lowest BCUT2D eigenvalue weighted by Crippen LogP contribution is -2.09. The maximum Gasteiger partial charge on any atom is 0.140 e. The van der Waals surface area contributed by atoms with Gasteiger partial charge < -0.3 is 9.88 Å². The fourth-order valence-electron chi connectivity index (χ4n) is 1.86. The van der Waals surface area contributed by atoms with Crippen molar-refractivity contribution in [2.24, 2.45) is 7.05 Å². The van der Waals surface area contributed by atoms with Gasteiger partial charge in [0.05, 0.1) is 11.9 Å². The molecule has 0 aliphatic carbocycles. The Labute approximate surface area is 96.1 Å². The van der Waals surface area contributed by atoms with Crippen LogP contribution in [-0.4, -0.2) is 16.6 Å². The summed E-state index contributed by atoms with van der Waals surface area (Å²) in [6, 6.07) is 8.33. The molecule has 0 unspecified atom stereocenters. The number of hydrogen-bond acceptors (Lipinski definition) is 2. The fourth-order valence-corrected chi connectivity index (χ4v) is 1.86. The highest BCUT2D eigenvalue weighted by Crippen LogP contribution is 2.21. The maximum absolute atomic E-state index is 4.49. The predicted octanol–water partition coefficient (Wildman–Crippen LogP) is 2.11. The van der Waals surface area contributed by atoms with Gasteiger partial charge in [-0.3, -0.25) is 0 Å². The highest BCUT2D eigenvalue weighted by molar-refractivity contribution is 5.60. The number of aromatic nitrogens is 2. The van der Waals surface area contributed by atoms with Crippen LogP contribution in [0.15, 0.2) is 30.5 Å². The van der Waals surface area contributed by atoms with Gasteiger partial charge >= 0.3 is 0 Å². The molecule has 0 spiro atoms. The molecule has 1 aromatic carbocycles. The van der Waals surface area contributed by atoms with E-state index in [0.717, 1.165) is 12.4 Å². The van der Waals surface area contributed by atoms with Crippen molar-refractivity contribution in [2.75, 3.05) is 7.05 Å². The topological polar surface area (TPSA) is 29.9 Å². The van der Waals surface area contributed by atoms with Crippen molar-refractivity contribution in [2.45, 2.75) is 13.5 Å². The van der Waals surface area contributed by atoms with Crippen molar-refractivity contribution in [1.82, 2.24) is 14.9 Å². The van der Waals surface area contributed by atoms with Crippen LogP contribution in [-0.2, 0) is 13.6 Å². The Bertz CT molecular complexity index is 486. The second kappa shape index (κ2) is 4.49. The molecule has 0 amide bonds. The van der Waals surface area contributed by atoms with Crippen LogP contribution in [0.3, 0.4) is 0 Å². The van der Waals surface area contributed by atoms with E-state index < -0.39 is 0 Å². The Morgan fingerprint density at radius 3 is 2.75 bits per heavy atom. The summed E-state index contributed by atoms with van der Waals surface area (Å²) in [5.74, 6) is 1.03. The summed E-state index contributed by atoms with van der Waals surface area (Å²) in [4.78, 5) is 4.49. The molecular formula is C13H17N3. The van der Waals surface area contributed by atoms with Crippen molar-refractivity contribution in [3.8, 4) is 11.4 Å². The monoisotopic (exact) mass is 215 g/mol. The number of nitrogens with one attached hydrogen (secondary N) is 1. The lowest BCUT2D eigenvalue weighted by Gasteiger charge is -2.07. The molecule has 0 aliphatic heterocycles. The Morgan fingerprint density at radius 1 is 1.31 bits per heavy atom. The minimum absolute atomic E-state index is 0.843. The summed E-state index contributed by atoms with van der Waals surface area (Å²) in [6.45, 7) is 2.96. The Hall–Kier alpha value is -1.61. The smallest absolute Gasteiger partial charge is 0.140 e. The van der Waals surface area contributed by atoms with E-state index in [1.54, 1.807) is 0 Å². The van der Waals surface area contributed by atoms with Gasteiger partial charge in [-0.05, 0) is 19.5 Å². The standard InChI is InChI=1S/C13H17N3/c1-10-6-4-5-7-12(10)13-15-9-11(8-14-2)16(13)3/h4-7,9,14H,8H2,1-3H3. The largest absolute Gasteiger partial charge is 0.330 e. The first-order chi connectivity index (χ1) is 7.74. The van der Waals surface area contributed by atoms with E-state index in [1.807, 2.05) is 13.2 Å². The summed E-state index contributed by atoms with van der Waals surface area (Å²) in [5.41, 5.74) is 3.65. The highest BCUT2D eigenvalue weighted by Gasteiger charge is 2.09. The number of nitrogens with zero attached hydrogens (tertiary/aromatic N) is 2. The van der Waals surface area contributed by atoms with Crippen LogP contribution in [0.5, 0.6) is 0 Å². The van der Waals surface area contributed by atoms with E-state index >= 15 is 0 Å². The van der Waals surface area contributed by atoms with Crippen LogP contribution in [0.25, 0.3) is 11.4 Å². The lowest BCUT2D eigenvalue weighted by molar-refractivity contribution is 0.737. The molecule has 0 bridgehead atoms. The molecule has 84 valence electrons. The van der Waals surface area contributed by atoms with Gasteiger partial charge in [-0.1, -0.05) is 24.3 Å². The molecule has 1 N–H and O–H groups in total. The van der Waals surface area contributed by atoms with Gasteiger partial charge in [0.1, 0.15) is 5.82 Å². The van der Waals surface area contributed by atoms with Crippen molar-refractivity contribution in [1.29, 1.82) is 0 Å². The van der Waals surface area contributed by atoms with Crippen molar-refractivity contribution in [3.05, 3.63) is 41.7 Å². The predicted molar refractivity (Wildman–Crippen MR) is 66.1 cm³/mol. The summed E-state index contributed by atoms with van der Waals surface area (Å²) >= 11 is 0. The van der Waals surface area contributed by atoms with Crippen LogP contribution >= 0.6 is 0 Å². The average Bonchev–Trinajstić information content (AvgIpc) is 2.62. The zero-order chi connectivity index (χ0) is 11.5. The third kappa shape index (κ3) is 1.86. The van der Waals surface area contributed by atoms with Gasteiger partial charge in [0.15, 0.2) is 0 Å². The minimum Gasteiger partial charge on any atom is -0.330 e. The molecule has 3 heteroatoms. The normalized spacial score (nSPS) is 10.7. The molecule has 0 saturated carbocycles. The summed E-state index contributed by atoms with van der Waals surface area (Å²) in [5, 5.41) is 3.14. The number of rotatable bonds is 3. The van der Waals surface area contributed by atoms with E-state index in [9.17, 15) is 0 Å². The third-order valence-electron chi connectivity index (χ3n) is 2.83. The van der Waals surface area contributed by atoms with Gasteiger partial charge in [-0.2, -0.15) is 0 Å². The average molecular weight is 215 g/mol. The number of imidazole rings is 1. The first-order valence-corrected chi connectivity index (χ1v) is 5.45. The quantitative estimate of drug-likeness (QED) is 0.850. The van der Waals surface area contributed by atoms with Gasteiger partial charge in [-0.15, -0.1) is 0 Å². The molecule has 1 aromatic heterocycles. The van der Waals surface area contributed by atoms with E-state index in [0.29, 0.717) is 0 Å². The number of aryl methyl sites for hydroxylation is 1. The summed E-state index contributed by atoms with van der Waals surface area (Å²) < 4.78 is 2.14. The van der Waals surface area contributed by atoms with Crippen LogP contribution < -0.4 is 5.32 Å². The van der Waals surface area contributed by atoms with Crippen LogP contribution in [0.4, 0.5) is 0 Å². The molecule has 16 heavy (non-hydrogen) atoms. The van der Waals surface area contributed by atoms with Crippen LogP contribution in [0.1, 0.15) is 11.3 Å². The van der Waals surface area contributed by atoms with E-state index in [2.05, 4.69) is 53.1 Å². The highest BCUT2D eigenvalue weighted by atomic mass is 15.1. The SMILES string of the molecule is CNCc1cnc(-c2ccccc2C)n1C. The Morgan fingerprint density at radius 2 is 2.06 bits per heavy atom. The van der Waals surface area contributed by atoms with E-state index in [-0.39, 0.29) is 0 Å². The summed E-state index contributed by atoms with van der Waals surface area (Å²) in [6.07, 6.45) is 1.93. The molecule has 0 atom stereocenters.